The summed E-state index contributed by atoms with van der Waals surface area (Å²) in [6, 6.07) is -0.0324. The van der Waals surface area contributed by atoms with E-state index in [9.17, 15) is 4.79 Å². The predicted molar refractivity (Wildman–Crippen MR) is 41.8 cm³/mol. The van der Waals surface area contributed by atoms with Crippen LogP contribution in [0.15, 0.2) is 0 Å². The van der Waals surface area contributed by atoms with Gasteiger partial charge >= 0.3 is 0 Å². The molecule has 1 rings (SSSR count). The fourth-order valence-electron chi connectivity index (χ4n) is 1.17. The number of carbonyl (C=O) groups is 1. The Bertz CT molecular complexity index is 141. The molecular weight excluding hydrogens is 149 g/mol. The van der Waals surface area contributed by atoms with Crippen LogP contribution in [0, 0.1) is 0 Å². The fraction of sp³-hybridized carbons (Fsp3) is 0.800. The van der Waals surface area contributed by atoms with Crippen molar-refractivity contribution in [3.05, 3.63) is 0 Å². The number of hydrogen-bond donors (Lipinski definition) is 2. The Morgan fingerprint density at radius 3 is 2.90 bits per heavy atom. The Labute approximate surface area is 62.4 Å². The lowest BCUT2D eigenvalue weighted by atomic mass is 10.2. The number of hydrazine groups is 1. The summed E-state index contributed by atoms with van der Waals surface area (Å²) >= 11 is 0. The molecule has 4 nitrogen and oxygen atoms in total. The minimum absolute atomic E-state index is 0.0324. The van der Waals surface area contributed by atoms with Gasteiger partial charge in [0.25, 0.3) is 5.91 Å². The Kier molecular flexibility index (Phi) is 2.60. The number of nitrogens with one attached hydrogen (secondary N) is 1. The van der Waals surface area contributed by atoms with Gasteiger partial charge in [0.1, 0.15) is 0 Å². The molecule has 0 radical (unpaired) electrons. The first-order valence-corrected chi connectivity index (χ1v) is 3.79. The Morgan fingerprint density at radius 1 is 1.80 bits per heavy atom. The van der Waals surface area contributed by atoms with Crippen LogP contribution in [0.1, 0.15) is 12.8 Å². The van der Waals surface area contributed by atoms with Gasteiger partial charge in [-0.05, 0) is 12.8 Å². The van der Waals surface area contributed by atoms with Crippen LogP contribution in [0.25, 0.3) is 0 Å². The highest BCUT2D eigenvalue weighted by Gasteiger charge is 2.26. The van der Waals surface area contributed by atoms with Gasteiger partial charge < -0.3 is 0 Å². The molecule has 0 aromatic carbocycles. The number of rotatable bonds is 1. The van der Waals surface area contributed by atoms with E-state index in [0.717, 1.165) is 19.4 Å². The van der Waals surface area contributed by atoms with Gasteiger partial charge in [-0.3, -0.25) is 14.9 Å². The number of nitrogens with two attached hydrogens (primary N) is 1. The number of amides is 1. The van der Waals surface area contributed by atoms with Gasteiger partial charge in [0.2, 0.25) is 0 Å². The van der Waals surface area contributed by atoms with E-state index in [-0.39, 0.29) is 11.9 Å². The molecule has 1 amide bonds. The third kappa shape index (κ3) is 1.45. The summed E-state index contributed by atoms with van der Waals surface area (Å²) in [6.45, 7) is 0.961. The molecule has 1 aliphatic rings. The lowest BCUT2D eigenvalue weighted by Gasteiger charge is -2.16. The van der Waals surface area contributed by atoms with Crippen LogP contribution >= 0.6 is 9.39 Å². The first kappa shape index (κ1) is 7.92. The highest BCUT2D eigenvalue weighted by atomic mass is 31.0. The zero-order valence-electron chi connectivity index (χ0n) is 5.71. The summed E-state index contributed by atoms with van der Waals surface area (Å²) in [5.74, 6) is 4.89. The summed E-state index contributed by atoms with van der Waals surface area (Å²) in [7, 11) is 2.53. The summed E-state index contributed by atoms with van der Waals surface area (Å²) in [5, 5.41) is 0. The maximum absolute atomic E-state index is 10.9. The van der Waals surface area contributed by atoms with E-state index < -0.39 is 0 Å². The highest BCUT2D eigenvalue weighted by Crippen LogP contribution is 2.20. The normalized spacial score (nSPS) is 26.8. The minimum Gasteiger partial charge on any atom is -0.293 e. The summed E-state index contributed by atoms with van der Waals surface area (Å²) < 4.78 is 1.93. The van der Waals surface area contributed by atoms with Crippen molar-refractivity contribution in [2.45, 2.75) is 18.9 Å². The zero-order chi connectivity index (χ0) is 7.56. The van der Waals surface area contributed by atoms with Crippen LogP contribution < -0.4 is 11.3 Å². The molecule has 5 heteroatoms. The summed E-state index contributed by atoms with van der Waals surface area (Å²) in [6.07, 6.45) is 1.98. The van der Waals surface area contributed by atoms with E-state index in [4.69, 9.17) is 5.84 Å². The van der Waals surface area contributed by atoms with Crippen molar-refractivity contribution < 1.29 is 4.79 Å². The first-order valence-electron chi connectivity index (χ1n) is 3.27. The van der Waals surface area contributed by atoms with Gasteiger partial charge in [-0.15, -0.1) is 0 Å². The molecule has 10 heavy (non-hydrogen) atoms. The molecule has 0 aliphatic carbocycles. The number of carbonyl (C=O) groups excluding carboxylic acids is 1. The Hall–Kier alpha value is -0.180. The van der Waals surface area contributed by atoms with E-state index in [1.807, 2.05) is 4.67 Å². The van der Waals surface area contributed by atoms with E-state index in [1.54, 1.807) is 0 Å². The second kappa shape index (κ2) is 3.28. The maximum atomic E-state index is 10.9. The van der Waals surface area contributed by atoms with Gasteiger partial charge in [0.05, 0.1) is 6.04 Å². The third-order valence-electron chi connectivity index (χ3n) is 1.74. The highest BCUT2D eigenvalue weighted by molar-refractivity contribution is 7.13. The van der Waals surface area contributed by atoms with Crippen LogP contribution in [-0.4, -0.2) is 23.2 Å². The molecule has 3 N–H and O–H groups in total. The molecular formula is C5H12N3OP. The SMILES string of the molecule is NNC(=O)C1CCCN1P. The third-order valence-corrected chi connectivity index (χ3v) is 2.36. The van der Waals surface area contributed by atoms with E-state index >= 15 is 0 Å². The molecule has 0 aromatic heterocycles. The van der Waals surface area contributed by atoms with Gasteiger partial charge in [0.15, 0.2) is 0 Å². The smallest absolute Gasteiger partial charge is 0.251 e. The van der Waals surface area contributed by atoms with E-state index in [2.05, 4.69) is 14.8 Å². The molecule has 1 aliphatic heterocycles. The topological polar surface area (TPSA) is 58.4 Å². The molecule has 1 fully saturated rings. The molecule has 1 heterocycles. The predicted octanol–water partition coefficient (Wildman–Crippen LogP) is -0.769. The van der Waals surface area contributed by atoms with Gasteiger partial charge in [-0.25, -0.2) is 5.84 Å². The molecule has 1 saturated heterocycles. The molecule has 2 unspecified atom stereocenters. The molecule has 0 spiro atoms. The van der Waals surface area contributed by atoms with Crippen LogP contribution in [0.4, 0.5) is 0 Å². The zero-order valence-corrected chi connectivity index (χ0v) is 6.86. The van der Waals surface area contributed by atoms with Crippen molar-refractivity contribution >= 4 is 15.3 Å². The van der Waals surface area contributed by atoms with Crippen LogP contribution in [-0.2, 0) is 4.79 Å². The molecule has 58 valence electrons. The first-order chi connectivity index (χ1) is 4.75. The molecule has 2 atom stereocenters. The average Bonchev–Trinajstić information content (AvgIpc) is 2.34. The number of hydrogen-bond acceptors (Lipinski definition) is 3. The van der Waals surface area contributed by atoms with Crippen molar-refractivity contribution in [2.75, 3.05) is 6.54 Å². The van der Waals surface area contributed by atoms with E-state index in [1.165, 1.54) is 0 Å². The van der Waals surface area contributed by atoms with Gasteiger partial charge in [-0.2, -0.15) is 0 Å². The molecule has 0 saturated carbocycles. The van der Waals surface area contributed by atoms with Crippen LogP contribution in [0.2, 0.25) is 0 Å². The largest absolute Gasteiger partial charge is 0.293 e. The summed E-state index contributed by atoms with van der Waals surface area (Å²) in [4.78, 5) is 10.9. The molecule has 0 bridgehead atoms. The minimum atomic E-state index is -0.0903. The quantitative estimate of drug-likeness (QED) is 0.230. The second-order valence-corrected chi connectivity index (χ2v) is 3.07. The number of nitrogens with zero attached hydrogens (tertiary/aromatic N) is 1. The van der Waals surface area contributed by atoms with Crippen molar-refractivity contribution in [1.29, 1.82) is 0 Å². The van der Waals surface area contributed by atoms with Crippen LogP contribution in [0.5, 0.6) is 0 Å². The molecule has 0 aromatic rings. The van der Waals surface area contributed by atoms with E-state index in [0.29, 0.717) is 0 Å². The standard InChI is InChI=1S/C5H12N3OP/c6-7-5(9)4-2-1-3-8(4)10/h4H,1-3,6,10H2,(H,7,9). The van der Waals surface area contributed by atoms with Gasteiger partial charge in [0, 0.05) is 6.54 Å². The summed E-state index contributed by atoms with van der Waals surface area (Å²) in [5.41, 5.74) is 2.14. The average molecular weight is 161 g/mol. The lowest BCUT2D eigenvalue weighted by molar-refractivity contribution is -0.124. The lowest BCUT2D eigenvalue weighted by Crippen LogP contribution is -2.42. The van der Waals surface area contributed by atoms with Crippen molar-refractivity contribution in [2.24, 2.45) is 5.84 Å². The van der Waals surface area contributed by atoms with Crippen molar-refractivity contribution in [1.82, 2.24) is 10.1 Å². The van der Waals surface area contributed by atoms with Crippen molar-refractivity contribution in [3.63, 3.8) is 0 Å². The maximum Gasteiger partial charge on any atom is 0.251 e. The Balaban J connectivity index is 2.46. The monoisotopic (exact) mass is 161 g/mol. The van der Waals surface area contributed by atoms with Crippen molar-refractivity contribution in [3.8, 4) is 0 Å². The second-order valence-electron chi connectivity index (χ2n) is 2.40. The van der Waals surface area contributed by atoms with Gasteiger partial charge in [-0.1, -0.05) is 9.39 Å². The fourth-order valence-corrected chi connectivity index (χ4v) is 1.63. The van der Waals surface area contributed by atoms with Crippen LogP contribution in [0.3, 0.4) is 0 Å². The Morgan fingerprint density at radius 2 is 2.50 bits per heavy atom.